The molecule has 4 aromatic rings. The van der Waals surface area contributed by atoms with Crippen LogP contribution in [0.15, 0.2) is 43.0 Å². The zero-order valence-corrected chi connectivity index (χ0v) is 16.6. The van der Waals surface area contributed by atoms with Crippen LogP contribution in [0, 0.1) is 0 Å². The van der Waals surface area contributed by atoms with E-state index in [1.54, 1.807) is 6.08 Å². The van der Waals surface area contributed by atoms with Gasteiger partial charge in [0.25, 0.3) is 5.91 Å². The topological polar surface area (TPSA) is 110 Å². The number of benzene rings is 1. The second-order valence-corrected chi connectivity index (χ2v) is 7.46. The summed E-state index contributed by atoms with van der Waals surface area (Å²) in [7, 11) is 0. The van der Waals surface area contributed by atoms with Gasteiger partial charge < -0.3 is 15.0 Å². The number of halogens is 1. The van der Waals surface area contributed by atoms with Crippen molar-refractivity contribution in [3.05, 3.63) is 52.9 Å². The number of carbonyl (C=O) groups excluding carboxylic acids is 2. The van der Waals surface area contributed by atoms with Crippen LogP contribution in [0.3, 0.4) is 0 Å². The van der Waals surface area contributed by atoms with Crippen LogP contribution in [0.5, 0.6) is 0 Å². The first kappa shape index (κ1) is 19.0. The van der Waals surface area contributed by atoms with Crippen molar-refractivity contribution >= 4 is 68.0 Å². The molecule has 1 amide bonds. The summed E-state index contributed by atoms with van der Waals surface area (Å²) < 4.78 is 6.19. The summed E-state index contributed by atoms with van der Waals surface area (Å²) >= 11 is 7.81. The molecule has 3 aromatic heterocycles. The molecule has 0 saturated heterocycles. The van der Waals surface area contributed by atoms with Gasteiger partial charge in [0.2, 0.25) is 0 Å². The van der Waals surface area contributed by atoms with Gasteiger partial charge in [-0.1, -0.05) is 29.8 Å². The average Bonchev–Trinajstić information content (AvgIpc) is 3.32. The van der Waals surface area contributed by atoms with Gasteiger partial charge in [0, 0.05) is 21.0 Å². The largest absolute Gasteiger partial charge is 0.449 e. The number of hydrogen-bond acceptors (Lipinski definition) is 7. The van der Waals surface area contributed by atoms with Crippen LogP contribution >= 0.6 is 22.9 Å². The number of esters is 1. The summed E-state index contributed by atoms with van der Waals surface area (Å²) in [6.07, 6.45) is 4.53. The average molecular weight is 428 g/mol. The minimum atomic E-state index is -1.03. The number of aromatic nitrogens is 4. The van der Waals surface area contributed by atoms with Crippen molar-refractivity contribution in [1.82, 2.24) is 19.9 Å². The monoisotopic (exact) mass is 427 g/mol. The first-order chi connectivity index (χ1) is 14.0. The third-order valence-corrected chi connectivity index (χ3v) is 5.71. The predicted octanol–water partition coefficient (Wildman–Crippen LogP) is 3.80. The SMILES string of the molecule is CC(OC(=O)/C=C/c1sc2ccccc2c1Cl)C(=O)Nc1ncnc2nc[nH]c12. The van der Waals surface area contributed by atoms with Crippen LogP contribution in [0.2, 0.25) is 5.02 Å². The third kappa shape index (κ3) is 3.96. The van der Waals surface area contributed by atoms with Crippen molar-refractivity contribution in [1.29, 1.82) is 0 Å². The van der Waals surface area contributed by atoms with Crippen LogP contribution in [-0.4, -0.2) is 37.9 Å². The molecule has 0 aliphatic rings. The van der Waals surface area contributed by atoms with Crippen molar-refractivity contribution < 1.29 is 14.3 Å². The summed E-state index contributed by atoms with van der Waals surface area (Å²) in [5.74, 6) is -0.926. The second kappa shape index (κ2) is 7.98. The molecular formula is C19H14ClN5O3S. The molecule has 8 nitrogen and oxygen atoms in total. The molecule has 3 heterocycles. The molecule has 0 bridgehead atoms. The number of amides is 1. The van der Waals surface area contributed by atoms with E-state index in [0.29, 0.717) is 16.2 Å². The fraction of sp³-hybridized carbons (Fsp3) is 0.105. The standard InChI is InChI=1S/C19H14ClN5O3S/c1-10(19(27)25-18-16-17(22-8-21-16)23-9-24-18)28-14(26)7-6-13-15(20)11-4-2-3-5-12(11)29-13/h2-10H,1H3,(H2,21,22,23,24,25,27)/b7-6+. The molecule has 0 aliphatic carbocycles. The number of nitrogens with one attached hydrogen (secondary N) is 2. The van der Waals surface area contributed by atoms with Gasteiger partial charge in [-0.15, -0.1) is 11.3 Å². The Morgan fingerprint density at radius 2 is 2.10 bits per heavy atom. The summed E-state index contributed by atoms with van der Waals surface area (Å²) in [6.45, 7) is 1.47. The van der Waals surface area contributed by atoms with E-state index in [9.17, 15) is 9.59 Å². The Balaban J connectivity index is 1.41. The Hall–Kier alpha value is -3.30. The second-order valence-electron chi connectivity index (χ2n) is 6.00. The zero-order valence-electron chi connectivity index (χ0n) is 15.0. The minimum absolute atomic E-state index is 0.257. The maximum absolute atomic E-state index is 12.3. The van der Waals surface area contributed by atoms with E-state index in [4.69, 9.17) is 16.3 Å². The third-order valence-electron chi connectivity index (χ3n) is 4.06. The fourth-order valence-corrected chi connectivity index (χ4v) is 4.03. The highest BCUT2D eigenvalue weighted by Gasteiger charge is 2.19. The lowest BCUT2D eigenvalue weighted by Gasteiger charge is -2.11. The molecule has 146 valence electrons. The van der Waals surface area contributed by atoms with Crippen LogP contribution < -0.4 is 5.32 Å². The Kier molecular flexibility index (Phi) is 5.24. The highest BCUT2D eigenvalue weighted by atomic mass is 35.5. The molecule has 0 fully saturated rings. The normalized spacial score (nSPS) is 12.5. The van der Waals surface area contributed by atoms with Crippen LogP contribution in [0.25, 0.3) is 27.3 Å². The van der Waals surface area contributed by atoms with E-state index in [1.165, 1.54) is 37.0 Å². The number of carbonyl (C=O) groups is 2. The van der Waals surface area contributed by atoms with Crippen LogP contribution in [-0.2, 0) is 14.3 Å². The zero-order chi connectivity index (χ0) is 20.4. The number of fused-ring (bicyclic) bond motifs is 2. The van der Waals surface area contributed by atoms with Crippen molar-refractivity contribution in [2.24, 2.45) is 0 Å². The van der Waals surface area contributed by atoms with E-state index < -0.39 is 18.0 Å². The van der Waals surface area contributed by atoms with Crippen molar-refractivity contribution in [3.63, 3.8) is 0 Å². The first-order valence-corrected chi connectivity index (χ1v) is 9.73. The van der Waals surface area contributed by atoms with E-state index >= 15 is 0 Å². The maximum Gasteiger partial charge on any atom is 0.331 e. The number of anilines is 1. The molecule has 0 aliphatic heterocycles. The van der Waals surface area contributed by atoms with Crippen molar-refractivity contribution in [2.45, 2.75) is 13.0 Å². The molecule has 1 unspecified atom stereocenters. The quantitative estimate of drug-likeness (QED) is 0.370. The van der Waals surface area contributed by atoms with Crippen molar-refractivity contribution in [2.75, 3.05) is 5.32 Å². The lowest BCUT2D eigenvalue weighted by atomic mass is 10.2. The predicted molar refractivity (Wildman–Crippen MR) is 112 cm³/mol. The molecular weight excluding hydrogens is 414 g/mol. The number of ether oxygens (including phenoxy) is 1. The highest BCUT2D eigenvalue weighted by molar-refractivity contribution is 7.20. The van der Waals surface area contributed by atoms with Gasteiger partial charge >= 0.3 is 5.97 Å². The van der Waals surface area contributed by atoms with E-state index in [-0.39, 0.29) is 5.82 Å². The highest BCUT2D eigenvalue weighted by Crippen LogP contribution is 2.35. The van der Waals surface area contributed by atoms with Gasteiger partial charge in [-0.25, -0.2) is 19.7 Å². The van der Waals surface area contributed by atoms with Gasteiger partial charge in [-0.2, -0.15) is 0 Å². The smallest absolute Gasteiger partial charge is 0.331 e. The minimum Gasteiger partial charge on any atom is -0.449 e. The molecule has 0 spiro atoms. The number of rotatable bonds is 5. The maximum atomic E-state index is 12.3. The summed E-state index contributed by atoms with van der Waals surface area (Å²) in [5.41, 5.74) is 0.904. The lowest BCUT2D eigenvalue weighted by molar-refractivity contribution is -0.148. The summed E-state index contributed by atoms with van der Waals surface area (Å²) in [6, 6.07) is 7.70. The fourth-order valence-electron chi connectivity index (χ4n) is 2.63. The van der Waals surface area contributed by atoms with Crippen molar-refractivity contribution in [3.8, 4) is 0 Å². The van der Waals surface area contributed by atoms with E-state index in [0.717, 1.165) is 15.0 Å². The molecule has 1 aromatic carbocycles. The summed E-state index contributed by atoms with van der Waals surface area (Å²) in [4.78, 5) is 40.0. The Bertz CT molecular complexity index is 1250. The van der Waals surface area contributed by atoms with E-state index in [2.05, 4.69) is 25.3 Å². The number of aromatic amines is 1. The van der Waals surface area contributed by atoms with Crippen LogP contribution in [0.1, 0.15) is 11.8 Å². The van der Waals surface area contributed by atoms with E-state index in [1.807, 2.05) is 24.3 Å². The Morgan fingerprint density at radius 3 is 2.93 bits per heavy atom. The Labute approximate surface area is 173 Å². The molecule has 2 N–H and O–H groups in total. The molecule has 10 heteroatoms. The van der Waals surface area contributed by atoms with Gasteiger partial charge in [-0.05, 0) is 19.1 Å². The molecule has 4 rings (SSSR count). The van der Waals surface area contributed by atoms with Gasteiger partial charge in [-0.3, -0.25) is 4.79 Å². The van der Waals surface area contributed by atoms with Crippen LogP contribution in [0.4, 0.5) is 5.82 Å². The molecule has 1 atom stereocenters. The van der Waals surface area contributed by atoms with Gasteiger partial charge in [0.15, 0.2) is 17.6 Å². The Morgan fingerprint density at radius 1 is 1.28 bits per heavy atom. The number of H-pyrrole nitrogens is 1. The van der Waals surface area contributed by atoms with Gasteiger partial charge in [0.1, 0.15) is 11.8 Å². The first-order valence-electron chi connectivity index (χ1n) is 8.53. The van der Waals surface area contributed by atoms with Gasteiger partial charge in [0.05, 0.1) is 11.3 Å². The number of nitrogens with zero attached hydrogens (tertiary/aromatic N) is 3. The number of hydrogen-bond donors (Lipinski definition) is 2. The molecule has 0 radical (unpaired) electrons. The lowest BCUT2D eigenvalue weighted by Crippen LogP contribution is -2.29. The summed E-state index contributed by atoms with van der Waals surface area (Å²) in [5, 5.41) is 4.10. The number of imidazole rings is 1. The number of thiophene rings is 1. The molecule has 0 saturated carbocycles. The molecule has 29 heavy (non-hydrogen) atoms.